The van der Waals surface area contributed by atoms with Crippen LogP contribution in [-0.4, -0.2) is 18.2 Å². The molecule has 2 aromatic rings. The Balaban J connectivity index is 1.71. The third kappa shape index (κ3) is 5.04. The SMILES string of the molecule is NC(=S)c1cccc(OCCCOc2ccc(F)cc2)c1. The second-order valence-electron chi connectivity index (χ2n) is 4.40. The van der Waals surface area contributed by atoms with Crippen molar-refractivity contribution in [1.82, 2.24) is 0 Å². The molecule has 0 atom stereocenters. The first-order valence-corrected chi connectivity index (χ1v) is 6.97. The van der Waals surface area contributed by atoms with Crippen LogP contribution < -0.4 is 15.2 Å². The predicted octanol–water partition coefficient (Wildman–Crippen LogP) is 3.31. The summed E-state index contributed by atoms with van der Waals surface area (Å²) in [6.07, 6.45) is 0.717. The Hall–Kier alpha value is -2.14. The molecule has 0 aromatic heterocycles. The average Bonchev–Trinajstić information content (AvgIpc) is 2.49. The zero-order chi connectivity index (χ0) is 15.1. The molecule has 0 amide bonds. The maximum atomic E-state index is 12.7. The molecule has 0 saturated carbocycles. The molecule has 0 spiro atoms. The van der Waals surface area contributed by atoms with Crippen LogP contribution in [-0.2, 0) is 0 Å². The normalized spacial score (nSPS) is 10.1. The highest BCUT2D eigenvalue weighted by molar-refractivity contribution is 7.80. The van der Waals surface area contributed by atoms with Crippen LogP contribution in [0, 0.1) is 5.82 Å². The fourth-order valence-electron chi connectivity index (χ4n) is 1.71. The van der Waals surface area contributed by atoms with Crippen LogP contribution >= 0.6 is 12.2 Å². The molecule has 3 nitrogen and oxygen atoms in total. The van der Waals surface area contributed by atoms with E-state index in [4.69, 9.17) is 27.4 Å². The van der Waals surface area contributed by atoms with Crippen LogP contribution in [0.15, 0.2) is 48.5 Å². The topological polar surface area (TPSA) is 44.5 Å². The van der Waals surface area contributed by atoms with Crippen molar-refractivity contribution < 1.29 is 13.9 Å². The average molecular weight is 305 g/mol. The van der Waals surface area contributed by atoms with E-state index in [0.29, 0.717) is 30.4 Å². The molecule has 0 fully saturated rings. The van der Waals surface area contributed by atoms with Crippen molar-refractivity contribution in [2.45, 2.75) is 6.42 Å². The third-order valence-corrected chi connectivity index (χ3v) is 2.99. The fraction of sp³-hybridized carbons (Fsp3) is 0.188. The summed E-state index contributed by atoms with van der Waals surface area (Å²) in [6.45, 7) is 1.02. The predicted molar refractivity (Wildman–Crippen MR) is 84.3 cm³/mol. The Bertz CT molecular complexity index is 601. The van der Waals surface area contributed by atoms with Crippen LogP contribution in [0.1, 0.15) is 12.0 Å². The van der Waals surface area contributed by atoms with Gasteiger partial charge >= 0.3 is 0 Å². The molecule has 2 rings (SSSR count). The molecule has 0 radical (unpaired) electrons. The Labute approximate surface area is 128 Å². The van der Waals surface area contributed by atoms with E-state index in [1.807, 2.05) is 24.3 Å². The van der Waals surface area contributed by atoms with Crippen molar-refractivity contribution in [2.75, 3.05) is 13.2 Å². The lowest BCUT2D eigenvalue weighted by Crippen LogP contribution is -2.10. The summed E-state index contributed by atoms with van der Waals surface area (Å²) in [6, 6.07) is 13.3. The summed E-state index contributed by atoms with van der Waals surface area (Å²) in [5.74, 6) is 1.09. The van der Waals surface area contributed by atoms with Gasteiger partial charge < -0.3 is 15.2 Å². The first-order valence-electron chi connectivity index (χ1n) is 6.56. The van der Waals surface area contributed by atoms with Gasteiger partial charge in [-0.15, -0.1) is 0 Å². The van der Waals surface area contributed by atoms with E-state index in [1.54, 1.807) is 12.1 Å². The summed E-state index contributed by atoms with van der Waals surface area (Å²) in [5.41, 5.74) is 6.35. The number of halogens is 1. The van der Waals surface area contributed by atoms with E-state index >= 15 is 0 Å². The molecule has 0 heterocycles. The Morgan fingerprint density at radius 3 is 2.33 bits per heavy atom. The number of hydrogen-bond donors (Lipinski definition) is 1. The lowest BCUT2D eigenvalue weighted by atomic mass is 10.2. The van der Waals surface area contributed by atoms with Gasteiger partial charge in [-0.2, -0.15) is 0 Å². The quantitative estimate of drug-likeness (QED) is 0.629. The van der Waals surface area contributed by atoms with Gasteiger partial charge in [0.25, 0.3) is 0 Å². The van der Waals surface area contributed by atoms with Gasteiger partial charge in [0.2, 0.25) is 0 Å². The van der Waals surface area contributed by atoms with Crippen LogP contribution in [0.3, 0.4) is 0 Å². The summed E-state index contributed by atoms with van der Waals surface area (Å²) >= 11 is 4.91. The van der Waals surface area contributed by atoms with Crippen LogP contribution in [0.2, 0.25) is 0 Å². The first-order chi connectivity index (χ1) is 10.1. The van der Waals surface area contributed by atoms with Gasteiger partial charge in [0, 0.05) is 12.0 Å². The van der Waals surface area contributed by atoms with Gasteiger partial charge in [0.05, 0.1) is 13.2 Å². The third-order valence-electron chi connectivity index (χ3n) is 2.76. The molecule has 2 aromatic carbocycles. The van der Waals surface area contributed by atoms with Crippen LogP contribution in [0.25, 0.3) is 0 Å². The van der Waals surface area contributed by atoms with Gasteiger partial charge in [-0.05, 0) is 36.4 Å². The van der Waals surface area contributed by atoms with Crippen molar-refractivity contribution in [3.8, 4) is 11.5 Å². The highest BCUT2D eigenvalue weighted by atomic mass is 32.1. The van der Waals surface area contributed by atoms with E-state index in [2.05, 4.69) is 0 Å². The minimum atomic E-state index is -0.275. The Morgan fingerprint density at radius 1 is 1.00 bits per heavy atom. The minimum absolute atomic E-state index is 0.275. The van der Waals surface area contributed by atoms with Gasteiger partial charge in [-0.1, -0.05) is 24.4 Å². The molecule has 110 valence electrons. The molecule has 0 saturated heterocycles. The zero-order valence-corrected chi connectivity index (χ0v) is 12.2. The Morgan fingerprint density at radius 2 is 1.67 bits per heavy atom. The molecule has 0 aliphatic rings. The lowest BCUT2D eigenvalue weighted by molar-refractivity contribution is 0.247. The van der Waals surface area contributed by atoms with Crippen molar-refractivity contribution in [2.24, 2.45) is 5.73 Å². The largest absolute Gasteiger partial charge is 0.493 e. The van der Waals surface area contributed by atoms with Crippen molar-refractivity contribution in [3.05, 3.63) is 59.9 Å². The molecule has 0 bridgehead atoms. The molecular formula is C16H16FNO2S. The highest BCUT2D eigenvalue weighted by Crippen LogP contribution is 2.14. The number of benzene rings is 2. The van der Waals surface area contributed by atoms with E-state index in [0.717, 1.165) is 11.3 Å². The standard InChI is InChI=1S/C16H16FNO2S/c17-13-5-7-14(8-6-13)19-9-2-10-20-15-4-1-3-12(11-15)16(18)21/h1,3-8,11H,2,9-10H2,(H2,18,21). The van der Waals surface area contributed by atoms with E-state index in [-0.39, 0.29) is 5.82 Å². The molecule has 2 N–H and O–H groups in total. The maximum absolute atomic E-state index is 12.7. The van der Waals surface area contributed by atoms with Crippen molar-refractivity contribution >= 4 is 17.2 Å². The monoisotopic (exact) mass is 305 g/mol. The van der Waals surface area contributed by atoms with Gasteiger partial charge in [-0.25, -0.2) is 4.39 Å². The Kier molecular flexibility index (Phi) is 5.51. The number of nitrogens with two attached hydrogens (primary N) is 1. The van der Waals surface area contributed by atoms with E-state index in [1.165, 1.54) is 12.1 Å². The second kappa shape index (κ2) is 7.59. The van der Waals surface area contributed by atoms with Crippen LogP contribution in [0.5, 0.6) is 11.5 Å². The van der Waals surface area contributed by atoms with Crippen molar-refractivity contribution in [1.29, 1.82) is 0 Å². The zero-order valence-electron chi connectivity index (χ0n) is 11.4. The second-order valence-corrected chi connectivity index (χ2v) is 4.84. The smallest absolute Gasteiger partial charge is 0.123 e. The lowest BCUT2D eigenvalue weighted by Gasteiger charge is -2.09. The molecular weight excluding hydrogens is 289 g/mol. The van der Waals surface area contributed by atoms with Gasteiger partial charge in [0.1, 0.15) is 22.3 Å². The molecule has 21 heavy (non-hydrogen) atoms. The number of thiocarbonyl (C=S) groups is 1. The van der Waals surface area contributed by atoms with E-state index in [9.17, 15) is 4.39 Å². The molecule has 5 heteroatoms. The van der Waals surface area contributed by atoms with Crippen LogP contribution in [0.4, 0.5) is 4.39 Å². The highest BCUT2D eigenvalue weighted by Gasteiger charge is 2.00. The molecule has 0 aliphatic heterocycles. The summed E-state index contributed by atoms with van der Waals surface area (Å²) in [5, 5.41) is 0. The van der Waals surface area contributed by atoms with E-state index < -0.39 is 0 Å². The number of ether oxygens (including phenoxy) is 2. The maximum Gasteiger partial charge on any atom is 0.123 e. The molecule has 0 unspecified atom stereocenters. The number of hydrogen-bond acceptors (Lipinski definition) is 3. The van der Waals surface area contributed by atoms with Crippen molar-refractivity contribution in [3.63, 3.8) is 0 Å². The minimum Gasteiger partial charge on any atom is -0.493 e. The summed E-state index contributed by atoms with van der Waals surface area (Å²) in [7, 11) is 0. The summed E-state index contributed by atoms with van der Waals surface area (Å²) in [4.78, 5) is 0.347. The van der Waals surface area contributed by atoms with Gasteiger partial charge in [-0.3, -0.25) is 0 Å². The fourth-order valence-corrected chi connectivity index (χ4v) is 1.84. The summed E-state index contributed by atoms with van der Waals surface area (Å²) < 4.78 is 23.8. The molecule has 0 aliphatic carbocycles. The first kappa shape index (κ1) is 15.3. The van der Waals surface area contributed by atoms with Gasteiger partial charge in [0.15, 0.2) is 0 Å². The number of rotatable bonds is 7.